The van der Waals surface area contributed by atoms with Gasteiger partial charge >= 0.3 is 0 Å². The molecule has 0 aliphatic rings. The Labute approximate surface area is 170 Å². The zero-order valence-corrected chi connectivity index (χ0v) is 18.5. The van der Waals surface area contributed by atoms with Crippen LogP contribution in [-0.4, -0.2) is 4.57 Å². The van der Waals surface area contributed by atoms with E-state index in [-0.39, 0.29) is 24.0 Å². The van der Waals surface area contributed by atoms with E-state index in [1.807, 2.05) is 0 Å². The van der Waals surface area contributed by atoms with Gasteiger partial charge in [-0.1, -0.05) is 31.9 Å². The second-order valence-corrected chi connectivity index (χ2v) is 7.22. The second-order valence-electron chi connectivity index (χ2n) is 5.39. The zero-order chi connectivity index (χ0) is 15.9. The number of hydrogen-bond donors (Lipinski definition) is 0. The summed E-state index contributed by atoms with van der Waals surface area (Å²) in [6.45, 7) is 2.17. The molecule has 0 atom stereocenters. The van der Waals surface area contributed by atoms with Crippen molar-refractivity contribution in [1.82, 2.24) is 4.57 Å². The highest BCUT2D eigenvalue weighted by Gasteiger charge is 2.25. The minimum atomic E-state index is 0. The first-order chi connectivity index (χ1) is 10.5. The molecule has 1 aromatic heterocycles. The van der Waals surface area contributed by atoms with E-state index >= 15 is 0 Å². The molecule has 3 rings (SSSR count). The molecule has 0 fully saturated rings. The highest BCUT2D eigenvalue weighted by atomic mass is 127. The van der Waals surface area contributed by atoms with Crippen LogP contribution >= 0.6 is 31.9 Å². The summed E-state index contributed by atoms with van der Waals surface area (Å²) >= 11 is 7.00. The number of imidazole rings is 1. The Morgan fingerprint density at radius 2 is 1.26 bits per heavy atom. The smallest absolute Gasteiger partial charge is 0.289 e. The van der Waals surface area contributed by atoms with Crippen LogP contribution in [0.25, 0.3) is 22.6 Å². The summed E-state index contributed by atoms with van der Waals surface area (Å²) in [5, 5.41) is 0. The summed E-state index contributed by atoms with van der Waals surface area (Å²) in [6.07, 6.45) is 0. The zero-order valence-electron chi connectivity index (χ0n) is 13.1. The van der Waals surface area contributed by atoms with Crippen LogP contribution in [0.4, 0.5) is 0 Å². The molecular weight excluding hydrogens is 531 g/mol. The van der Waals surface area contributed by atoms with Gasteiger partial charge in [0.2, 0.25) is 0 Å². The lowest BCUT2D eigenvalue weighted by atomic mass is 10.1. The lowest BCUT2D eigenvalue weighted by Crippen LogP contribution is -3.00. The van der Waals surface area contributed by atoms with Crippen molar-refractivity contribution in [2.24, 2.45) is 14.1 Å². The van der Waals surface area contributed by atoms with Gasteiger partial charge in [0.1, 0.15) is 5.69 Å². The number of hydrogen-bond acceptors (Lipinski definition) is 0. The van der Waals surface area contributed by atoms with Crippen molar-refractivity contribution in [2.45, 2.75) is 6.92 Å². The molecule has 0 saturated heterocycles. The molecule has 0 saturated carbocycles. The standard InChI is InChI=1S/C18H17Br2N2.HI/c1-12-17(13-4-8-15(19)9-5-13)22(3)18(21(12)2)14-6-10-16(20)11-7-14;/h4-11H,1-3H3;1H/q+1;/p-1. The number of rotatable bonds is 2. The molecule has 0 spiro atoms. The van der Waals surface area contributed by atoms with Gasteiger partial charge in [0.15, 0.2) is 5.69 Å². The van der Waals surface area contributed by atoms with Crippen LogP contribution in [-0.2, 0) is 14.1 Å². The predicted octanol–water partition coefficient (Wildman–Crippen LogP) is 2.02. The fourth-order valence-corrected chi connectivity index (χ4v) is 3.42. The highest BCUT2D eigenvalue weighted by Crippen LogP contribution is 2.28. The fraction of sp³-hybridized carbons (Fsp3) is 0.167. The molecule has 1 heterocycles. The lowest BCUT2D eigenvalue weighted by molar-refractivity contribution is -0.665. The fourth-order valence-electron chi connectivity index (χ4n) is 2.89. The van der Waals surface area contributed by atoms with Crippen molar-refractivity contribution < 1.29 is 28.5 Å². The summed E-state index contributed by atoms with van der Waals surface area (Å²) in [5.41, 5.74) is 4.93. The third kappa shape index (κ3) is 3.56. The number of benzene rings is 2. The Kier molecular flexibility index (Phi) is 6.08. The van der Waals surface area contributed by atoms with E-state index in [1.54, 1.807) is 0 Å². The summed E-state index contributed by atoms with van der Waals surface area (Å²) in [5.74, 6) is 1.20. The van der Waals surface area contributed by atoms with E-state index in [0.29, 0.717) is 0 Å². The molecule has 0 unspecified atom stereocenters. The quantitative estimate of drug-likeness (QED) is 0.343. The van der Waals surface area contributed by atoms with Crippen LogP contribution in [0.2, 0.25) is 0 Å². The number of aromatic nitrogens is 2. The van der Waals surface area contributed by atoms with Gasteiger partial charge in [-0.15, -0.1) is 0 Å². The summed E-state index contributed by atoms with van der Waals surface area (Å²) in [4.78, 5) is 0. The number of nitrogens with zero attached hydrogens (tertiary/aromatic N) is 2. The molecule has 23 heavy (non-hydrogen) atoms. The Morgan fingerprint density at radius 1 is 0.826 bits per heavy atom. The molecule has 3 aromatic rings. The Morgan fingerprint density at radius 3 is 1.74 bits per heavy atom. The molecule has 5 heteroatoms. The Hall–Kier alpha value is -0.660. The molecule has 0 N–H and O–H groups in total. The number of halogens is 3. The maximum atomic E-state index is 3.50. The van der Waals surface area contributed by atoms with Gasteiger partial charge in [-0.05, 0) is 48.5 Å². The van der Waals surface area contributed by atoms with Crippen molar-refractivity contribution in [3.63, 3.8) is 0 Å². The molecule has 2 nitrogen and oxygen atoms in total. The van der Waals surface area contributed by atoms with Crippen LogP contribution in [0.1, 0.15) is 5.69 Å². The molecule has 120 valence electrons. The van der Waals surface area contributed by atoms with E-state index in [0.717, 1.165) is 8.95 Å². The first-order valence-electron chi connectivity index (χ1n) is 7.06. The van der Waals surface area contributed by atoms with Crippen molar-refractivity contribution in [3.8, 4) is 22.6 Å². The van der Waals surface area contributed by atoms with Gasteiger partial charge < -0.3 is 24.0 Å². The van der Waals surface area contributed by atoms with Gasteiger partial charge in [0.05, 0.1) is 19.7 Å². The molecular formula is C18H17Br2IN2. The maximum absolute atomic E-state index is 3.50. The van der Waals surface area contributed by atoms with E-state index in [1.165, 1.54) is 28.3 Å². The van der Waals surface area contributed by atoms with Crippen molar-refractivity contribution >= 4 is 31.9 Å². The maximum Gasteiger partial charge on any atom is 0.289 e. The lowest BCUT2D eigenvalue weighted by Gasteiger charge is -2.01. The van der Waals surface area contributed by atoms with E-state index in [4.69, 9.17) is 0 Å². The minimum absolute atomic E-state index is 0. The first kappa shape index (κ1) is 18.7. The molecule has 0 aliphatic heterocycles. The van der Waals surface area contributed by atoms with Gasteiger partial charge in [0, 0.05) is 21.4 Å². The van der Waals surface area contributed by atoms with Crippen LogP contribution < -0.4 is 28.5 Å². The van der Waals surface area contributed by atoms with Crippen molar-refractivity contribution in [1.29, 1.82) is 0 Å². The SMILES string of the molecule is Cc1c(-c2ccc(Br)cc2)n(C)c(-c2ccc(Br)cc2)[n+]1C.[I-]. The third-order valence-corrected chi connectivity index (χ3v) is 5.09. The van der Waals surface area contributed by atoms with E-state index in [2.05, 4.69) is 111 Å². The topological polar surface area (TPSA) is 8.81 Å². The minimum Gasteiger partial charge on any atom is -1.00 e. The normalized spacial score (nSPS) is 10.5. The molecule has 0 amide bonds. The molecule has 0 bridgehead atoms. The first-order valence-corrected chi connectivity index (χ1v) is 8.65. The van der Waals surface area contributed by atoms with Crippen molar-refractivity contribution in [3.05, 3.63) is 63.2 Å². The second kappa shape index (κ2) is 7.49. The van der Waals surface area contributed by atoms with Crippen LogP contribution in [0, 0.1) is 6.92 Å². The summed E-state index contributed by atoms with van der Waals surface area (Å²) in [6, 6.07) is 16.9. The van der Waals surface area contributed by atoms with Crippen LogP contribution in [0.3, 0.4) is 0 Å². The van der Waals surface area contributed by atoms with Crippen LogP contribution in [0.15, 0.2) is 57.5 Å². The van der Waals surface area contributed by atoms with E-state index in [9.17, 15) is 0 Å². The van der Waals surface area contributed by atoms with Gasteiger partial charge in [-0.3, -0.25) is 0 Å². The summed E-state index contributed by atoms with van der Waals surface area (Å²) in [7, 11) is 4.25. The monoisotopic (exact) mass is 546 g/mol. The average Bonchev–Trinajstić information content (AvgIpc) is 2.72. The van der Waals surface area contributed by atoms with Gasteiger partial charge in [-0.2, -0.15) is 0 Å². The van der Waals surface area contributed by atoms with Gasteiger partial charge in [0.25, 0.3) is 5.82 Å². The molecule has 0 aliphatic carbocycles. The van der Waals surface area contributed by atoms with Crippen LogP contribution in [0.5, 0.6) is 0 Å². The van der Waals surface area contributed by atoms with Crippen molar-refractivity contribution in [2.75, 3.05) is 0 Å². The molecule has 0 radical (unpaired) electrons. The molecule has 2 aromatic carbocycles. The summed E-state index contributed by atoms with van der Waals surface area (Å²) < 4.78 is 6.71. The van der Waals surface area contributed by atoms with E-state index < -0.39 is 0 Å². The third-order valence-electron chi connectivity index (χ3n) is 4.04. The Bertz CT molecular complexity index is 753. The predicted molar refractivity (Wildman–Crippen MR) is 97.6 cm³/mol. The van der Waals surface area contributed by atoms with Gasteiger partial charge in [-0.25, -0.2) is 9.13 Å². The Balaban J connectivity index is 0.00000192. The average molecular weight is 548 g/mol. The highest BCUT2D eigenvalue weighted by molar-refractivity contribution is 9.10. The largest absolute Gasteiger partial charge is 1.00 e.